The van der Waals surface area contributed by atoms with Gasteiger partial charge in [0.25, 0.3) is 0 Å². The standard InChI is InChI=1S/C19H20N6O/c1-13-11-26-12-16(13)22-19-24-17(14-5-3-2-4-6-14)23-18(25-19)21-15-7-9-20-10-8-15/h2-10,13,16H,11-12H2,1H3,(H2,20,21,22,23,24,25). The Morgan fingerprint density at radius 1 is 0.923 bits per heavy atom. The number of pyridine rings is 1. The highest BCUT2D eigenvalue weighted by atomic mass is 16.5. The summed E-state index contributed by atoms with van der Waals surface area (Å²) in [5, 5.41) is 6.60. The number of aromatic nitrogens is 4. The Bertz CT molecular complexity index is 858. The molecule has 0 aliphatic carbocycles. The van der Waals surface area contributed by atoms with Crippen LogP contribution in [0, 0.1) is 5.92 Å². The molecule has 7 heteroatoms. The molecule has 0 saturated carbocycles. The van der Waals surface area contributed by atoms with Crippen molar-refractivity contribution in [3.8, 4) is 11.4 Å². The van der Waals surface area contributed by atoms with Gasteiger partial charge in [0.1, 0.15) is 0 Å². The van der Waals surface area contributed by atoms with E-state index in [2.05, 4.69) is 37.5 Å². The van der Waals surface area contributed by atoms with Crippen LogP contribution in [0.1, 0.15) is 6.92 Å². The zero-order valence-electron chi connectivity index (χ0n) is 14.5. The first kappa shape index (κ1) is 16.4. The summed E-state index contributed by atoms with van der Waals surface area (Å²) in [5.41, 5.74) is 1.81. The molecule has 2 atom stereocenters. The first-order valence-electron chi connectivity index (χ1n) is 8.61. The first-order chi connectivity index (χ1) is 12.8. The third-order valence-corrected chi connectivity index (χ3v) is 4.28. The Hall–Kier alpha value is -3.06. The van der Waals surface area contributed by atoms with Crippen LogP contribution in [0.5, 0.6) is 0 Å². The number of nitrogens with zero attached hydrogens (tertiary/aromatic N) is 4. The Balaban J connectivity index is 1.67. The highest BCUT2D eigenvalue weighted by Gasteiger charge is 2.25. The predicted octanol–water partition coefficient (Wildman–Crippen LogP) is 3.12. The lowest BCUT2D eigenvalue weighted by Gasteiger charge is -2.16. The second-order valence-corrected chi connectivity index (χ2v) is 6.30. The molecule has 26 heavy (non-hydrogen) atoms. The van der Waals surface area contributed by atoms with Gasteiger partial charge < -0.3 is 15.4 Å². The number of hydrogen-bond donors (Lipinski definition) is 2. The van der Waals surface area contributed by atoms with Gasteiger partial charge in [-0.25, -0.2) is 0 Å². The van der Waals surface area contributed by atoms with E-state index < -0.39 is 0 Å². The van der Waals surface area contributed by atoms with Crippen molar-refractivity contribution in [1.82, 2.24) is 19.9 Å². The largest absolute Gasteiger partial charge is 0.379 e. The maximum atomic E-state index is 5.53. The molecule has 3 heterocycles. The minimum absolute atomic E-state index is 0.190. The van der Waals surface area contributed by atoms with Gasteiger partial charge in [-0.2, -0.15) is 15.0 Å². The Morgan fingerprint density at radius 3 is 2.42 bits per heavy atom. The van der Waals surface area contributed by atoms with E-state index in [1.807, 2.05) is 42.5 Å². The Kier molecular flexibility index (Phi) is 4.70. The van der Waals surface area contributed by atoms with Crippen LogP contribution >= 0.6 is 0 Å². The second-order valence-electron chi connectivity index (χ2n) is 6.30. The predicted molar refractivity (Wildman–Crippen MR) is 100 cm³/mol. The molecule has 2 aromatic heterocycles. The third-order valence-electron chi connectivity index (χ3n) is 4.28. The molecule has 132 valence electrons. The summed E-state index contributed by atoms with van der Waals surface area (Å²) in [5.74, 6) is 2.05. The molecule has 3 aromatic rings. The van der Waals surface area contributed by atoms with Crippen molar-refractivity contribution in [1.29, 1.82) is 0 Å². The molecular weight excluding hydrogens is 328 g/mol. The molecule has 0 spiro atoms. The van der Waals surface area contributed by atoms with Gasteiger partial charge in [0.15, 0.2) is 5.82 Å². The van der Waals surface area contributed by atoms with Gasteiger partial charge in [-0.05, 0) is 12.1 Å². The Morgan fingerprint density at radius 2 is 1.69 bits per heavy atom. The second kappa shape index (κ2) is 7.45. The van der Waals surface area contributed by atoms with Gasteiger partial charge in [-0.3, -0.25) is 4.98 Å². The summed E-state index contributed by atoms with van der Waals surface area (Å²) >= 11 is 0. The zero-order chi connectivity index (χ0) is 17.8. The molecule has 7 nitrogen and oxygen atoms in total. The minimum atomic E-state index is 0.190. The van der Waals surface area contributed by atoms with E-state index in [1.165, 1.54) is 0 Å². The number of anilines is 3. The molecule has 1 aliphatic rings. The smallest absolute Gasteiger partial charge is 0.232 e. The monoisotopic (exact) mass is 348 g/mol. The fourth-order valence-electron chi connectivity index (χ4n) is 2.79. The number of hydrogen-bond acceptors (Lipinski definition) is 7. The summed E-state index contributed by atoms with van der Waals surface area (Å²) in [6.45, 7) is 3.55. The van der Waals surface area contributed by atoms with Crippen molar-refractivity contribution in [2.24, 2.45) is 5.92 Å². The van der Waals surface area contributed by atoms with E-state index in [0.29, 0.717) is 30.2 Å². The molecule has 0 amide bonds. The van der Waals surface area contributed by atoms with E-state index in [9.17, 15) is 0 Å². The van der Waals surface area contributed by atoms with Crippen molar-refractivity contribution in [3.05, 3.63) is 54.9 Å². The van der Waals surface area contributed by atoms with Crippen LogP contribution in [0.4, 0.5) is 17.6 Å². The van der Waals surface area contributed by atoms with Gasteiger partial charge in [-0.15, -0.1) is 0 Å². The summed E-state index contributed by atoms with van der Waals surface area (Å²) in [7, 11) is 0. The number of benzene rings is 1. The van der Waals surface area contributed by atoms with Gasteiger partial charge in [0.2, 0.25) is 11.9 Å². The van der Waals surface area contributed by atoms with Crippen LogP contribution in [0.2, 0.25) is 0 Å². The van der Waals surface area contributed by atoms with E-state index in [0.717, 1.165) is 17.9 Å². The van der Waals surface area contributed by atoms with Crippen molar-refractivity contribution >= 4 is 17.6 Å². The maximum Gasteiger partial charge on any atom is 0.232 e. The molecule has 0 radical (unpaired) electrons. The van der Waals surface area contributed by atoms with Gasteiger partial charge >= 0.3 is 0 Å². The van der Waals surface area contributed by atoms with Crippen LogP contribution in [-0.2, 0) is 4.74 Å². The van der Waals surface area contributed by atoms with Crippen molar-refractivity contribution in [2.75, 3.05) is 23.8 Å². The lowest BCUT2D eigenvalue weighted by Crippen LogP contribution is -2.27. The lowest BCUT2D eigenvalue weighted by molar-refractivity contribution is 0.187. The normalized spacial score (nSPS) is 19.3. The molecule has 1 aromatic carbocycles. The van der Waals surface area contributed by atoms with Crippen LogP contribution < -0.4 is 10.6 Å². The lowest BCUT2D eigenvalue weighted by atomic mass is 10.1. The van der Waals surface area contributed by atoms with Crippen LogP contribution in [-0.4, -0.2) is 39.2 Å². The van der Waals surface area contributed by atoms with Crippen molar-refractivity contribution < 1.29 is 4.74 Å². The van der Waals surface area contributed by atoms with Crippen LogP contribution in [0.15, 0.2) is 54.9 Å². The number of ether oxygens (including phenoxy) is 1. The van der Waals surface area contributed by atoms with Gasteiger partial charge in [-0.1, -0.05) is 37.3 Å². The topological polar surface area (TPSA) is 84.9 Å². The van der Waals surface area contributed by atoms with Crippen molar-refractivity contribution in [2.45, 2.75) is 13.0 Å². The molecule has 1 aliphatic heterocycles. The molecular formula is C19H20N6O. The SMILES string of the molecule is CC1COCC1Nc1nc(Nc2ccncc2)nc(-c2ccccc2)n1. The molecule has 1 fully saturated rings. The van der Waals surface area contributed by atoms with E-state index in [4.69, 9.17) is 4.74 Å². The van der Waals surface area contributed by atoms with Crippen LogP contribution in [0.3, 0.4) is 0 Å². The first-order valence-corrected chi connectivity index (χ1v) is 8.61. The van der Waals surface area contributed by atoms with E-state index in [1.54, 1.807) is 12.4 Å². The average Bonchev–Trinajstić information content (AvgIpc) is 3.08. The average molecular weight is 348 g/mol. The summed E-state index contributed by atoms with van der Waals surface area (Å²) in [4.78, 5) is 17.7. The number of nitrogens with one attached hydrogen (secondary N) is 2. The zero-order valence-corrected chi connectivity index (χ0v) is 14.5. The highest BCUT2D eigenvalue weighted by molar-refractivity contribution is 5.60. The van der Waals surface area contributed by atoms with Crippen LogP contribution in [0.25, 0.3) is 11.4 Å². The third kappa shape index (κ3) is 3.78. The fourth-order valence-corrected chi connectivity index (χ4v) is 2.79. The van der Waals surface area contributed by atoms with Gasteiger partial charge in [0.05, 0.1) is 19.3 Å². The fraction of sp³-hybridized carbons (Fsp3) is 0.263. The molecule has 0 bridgehead atoms. The minimum Gasteiger partial charge on any atom is -0.379 e. The summed E-state index contributed by atoms with van der Waals surface area (Å²) in [6, 6.07) is 13.8. The van der Waals surface area contributed by atoms with Gasteiger partial charge in [0, 0.05) is 29.6 Å². The van der Waals surface area contributed by atoms with Crippen molar-refractivity contribution in [3.63, 3.8) is 0 Å². The quantitative estimate of drug-likeness (QED) is 0.733. The number of rotatable bonds is 5. The highest BCUT2D eigenvalue weighted by Crippen LogP contribution is 2.22. The summed E-state index contributed by atoms with van der Waals surface area (Å²) in [6.07, 6.45) is 3.44. The van der Waals surface area contributed by atoms with E-state index >= 15 is 0 Å². The summed E-state index contributed by atoms with van der Waals surface area (Å²) < 4.78 is 5.53. The molecule has 1 saturated heterocycles. The molecule has 2 N–H and O–H groups in total. The maximum absolute atomic E-state index is 5.53. The van der Waals surface area contributed by atoms with E-state index in [-0.39, 0.29) is 6.04 Å². The Labute approximate surface area is 151 Å². The molecule has 2 unspecified atom stereocenters. The molecule has 4 rings (SSSR count).